The van der Waals surface area contributed by atoms with Gasteiger partial charge in [0.1, 0.15) is 35.3 Å². The van der Waals surface area contributed by atoms with Gasteiger partial charge in [-0.05, 0) is 18.2 Å². The second-order valence-electron chi connectivity index (χ2n) is 7.24. The molecule has 0 spiro atoms. The lowest BCUT2D eigenvalue weighted by Gasteiger charge is -2.16. The zero-order valence-corrected chi connectivity index (χ0v) is 17.9. The summed E-state index contributed by atoms with van der Waals surface area (Å²) < 4.78 is 41.9. The normalized spacial score (nSPS) is 22.6. The van der Waals surface area contributed by atoms with E-state index >= 15 is 0 Å². The molecule has 15 heteroatoms. The van der Waals surface area contributed by atoms with Crippen LogP contribution in [0.5, 0.6) is 0 Å². The number of ether oxygens (including phenoxy) is 1. The van der Waals surface area contributed by atoms with E-state index in [4.69, 9.17) is 14.9 Å². The molecule has 3 heterocycles. The Balaban J connectivity index is 1.44. The third kappa shape index (κ3) is 4.68. The van der Waals surface area contributed by atoms with Crippen molar-refractivity contribution in [2.24, 2.45) is 0 Å². The number of amides is 1. The molecule has 4 rings (SSSR count). The average molecular weight is 494 g/mol. The lowest BCUT2D eigenvalue weighted by atomic mass is 10.1. The largest absolute Gasteiger partial charge is 0.422 e. The molecule has 0 aliphatic carbocycles. The van der Waals surface area contributed by atoms with Crippen LogP contribution in [0.15, 0.2) is 56.6 Å². The maximum atomic E-state index is 12.3. The van der Waals surface area contributed by atoms with E-state index in [0.717, 1.165) is 10.6 Å². The highest BCUT2D eigenvalue weighted by Gasteiger charge is 2.45. The Labute approximate surface area is 190 Å². The van der Waals surface area contributed by atoms with Gasteiger partial charge >= 0.3 is 21.6 Å². The molecule has 1 aromatic carbocycles. The van der Waals surface area contributed by atoms with Gasteiger partial charge in [0.05, 0.1) is 6.61 Å². The third-order valence-electron chi connectivity index (χ3n) is 4.95. The number of aliphatic hydroxyl groups excluding tert-OH is 2. The van der Waals surface area contributed by atoms with Gasteiger partial charge in [-0.15, -0.1) is 0 Å². The molecular weight excluding hydrogens is 476 g/mol. The number of nitrogens with two attached hydrogens (primary N) is 1. The summed E-state index contributed by atoms with van der Waals surface area (Å²) in [6, 6.07) is 8.73. The second kappa shape index (κ2) is 8.96. The fraction of sp³-hybridized carbons (Fsp3) is 0.263. The van der Waals surface area contributed by atoms with Crippen molar-refractivity contribution in [3.05, 3.63) is 69.1 Å². The van der Waals surface area contributed by atoms with E-state index in [1.807, 2.05) is 0 Å². The fourth-order valence-corrected chi connectivity index (χ4v) is 4.00. The monoisotopic (exact) mass is 494 g/mol. The summed E-state index contributed by atoms with van der Waals surface area (Å²) in [7, 11) is -4.77. The highest BCUT2D eigenvalue weighted by molar-refractivity contribution is 7.85. The van der Waals surface area contributed by atoms with Crippen LogP contribution >= 0.6 is 0 Å². The molecule has 0 bridgehead atoms. The van der Waals surface area contributed by atoms with Crippen LogP contribution < -0.4 is 21.8 Å². The van der Waals surface area contributed by atoms with Gasteiger partial charge in [-0.3, -0.25) is 13.5 Å². The molecule has 1 aliphatic rings. The molecule has 2 aromatic heterocycles. The number of aromatic nitrogens is 2. The van der Waals surface area contributed by atoms with Gasteiger partial charge in [0, 0.05) is 11.6 Å². The first-order chi connectivity index (χ1) is 16.1. The number of nitrogens with one attached hydrogen (secondary N) is 1. The zero-order valence-electron chi connectivity index (χ0n) is 17.1. The molecule has 1 amide bonds. The Bertz CT molecular complexity index is 1470. The van der Waals surface area contributed by atoms with Crippen LogP contribution in [0.3, 0.4) is 0 Å². The molecule has 1 saturated heterocycles. The molecule has 1 fully saturated rings. The number of anilines is 1. The van der Waals surface area contributed by atoms with Crippen molar-refractivity contribution < 1.29 is 36.8 Å². The van der Waals surface area contributed by atoms with Crippen LogP contribution in [0.4, 0.5) is 5.82 Å². The minimum Gasteiger partial charge on any atom is -0.422 e. The predicted octanol–water partition coefficient (Wildman–Crippen LogP) is -1.76. The molecule has 0 saturated carbocycles. The van der Waals surface area contributed by atoms with Crippen molar-refractivity contribution in [2.45, 2.75) is 24.5 Å². The summed E-state index contributed by atoms with van der Waals surface area (Å²) in [5.74, 6) is -1.37. The van der Waals surface area contributed by atoms with E-state index in [1.54, 1.807) is 22.9 Å². The van der Waals surface area contributed by atoms with Gasteiger partial charge in [0.2, 0.25) is 0 Å². The summed E-state index contributed by atoms with van der Waals surface area (Å²) in [6.45, 7) is -0.833. The number of carbonyl (C=O) groups is 1. The van der Waals surface area contributed by atoms with Crippen molar-refractivity contribution in [1.29, 1.82) is 0 Å². The number of para-hydroxylation sites is 1. The molecule has 14 nitrogen and oxygen atoms in total. The van der Waals surface area contributed by atoms with Crippen molar-refractivity contribution in [3.8, 4) is 0 Å². The number of benzene rings is 1. The first kappa shape index (κ1) is 23.5. The quantitative estimate of drug-likeness (QED) is 0.281. The number of aliphatic hydroxyl groups is 2. The number of nitrogens with zero attached hydrogens (tertiary/aromatic N) is 2. The smallest absolute Gasteiger partial charge is 0.362 e. The molecule has 3 aromatic rings. The zero-order chi connectivity index (χ0) is 24.6. The average Bonchev–Trinajstić information content (AvgIpc) is 3.05. The topological polar surface area (TPSA) is 213 Å². The highest BCUT2D eigenvalue weighted by Crippen LogP contribution is 2.28. The van der Waals surface area contributed by atoms with Crippen molar-refractivity contribution in [3.63, 3.8) is 0 Å². The Morgan fingerprint density at radius 3 is 2.68 bits per heavy atom. The van der Waals surface area contributed by atoms with Gasteiger partial charge in [-0.1, -0.05) is 18.2 Å². The maximum Gasteiger partial charge on any atom is 0.362 e. The molecule has 0 radical (unpaired) electrons. The van der Waals surface area contributed by atoms with Gasteiger partial charge in [0.25, 0.3) is 5.91 Å². The van der Waals surface area contributed by atoms with Gasteiger partial charge in [-0.2, -0.15) is 13.4 Å². The van der Waals surface area contributed by atoms with E-state index in [1.165, 1.54) is 18.3 Å². The molecule has 4 atom stereocenters. The van der Waals surface area contributed by atoms with Gasteiger partial charge in [0.15, 0.2) is 6.23 Å². The van der Waals surface area contributed by atoms with Crippen LogP contribution in [0.1, 0.15) is 16.6 Å². The Morgan fingerprint density at radius 2 is 1.94 bits per heavy atom. The van der Waals surface area contributed by atoms with E-state index < -0.39 is 64.2 Å². The lowest BCUT2D eigenvalue weighted by Crippen LogP contribution is -2.39. The van der Waals surface area contributed by atoms with Crippen LogP contribution in [-0.2, 0) is 19.2 Å². The van der Waals surface area contributed by atoms with E-state index in [0.29, 0.717) is 5.39 Å². The lowest BCUT2D eigenvalue weighted by molar-refractivity contribution is -0.0509. The summed E-state index contributed by atoms with van der Waals surface area (Å²) >= 11 is 0. The Hall–Kier alpha value is -3.63. The number of fused-ring (bicyclic) bond motifs is 1. The number of carbonyl (C=O) groups excluding carboxylic acids is 1. The Morgan fingerprint density at radius 1 is 1.21 bits per heavy atom. The summed E-state index contributed by atoms with van der Waals surface area (Å²) in [6.07, 6.45) is -4.89. The van der Waals surface area contributed by atoms with E-state index in [9.17, 15) is 33.0 Å². The Kier molecular flexibility index (Phi) is 6.20. The molecule has 34 heavy (non-hydrogen) atoms. The minimum absolute atomic E-state index is 0.0727. The van der Waals surface area contributed by atoms with Crippen LogP contribution in [0, 0.1) is 0 Å². The number of hydrogen-bond donors (Lipinski definition) is 4. The van der Waals surface area contributed by atoms with Crippen molar-refractivity contribution in [1.82, 2.24) is 14.3 Å². The summed E-state index contributed by atoms with van der Waals surface area (Å²) in [5.41, 5.74) is 3.11. The third-order valence-corrected chi connectivity index (χ3v) is 5.84. The molecule has 180 valence electrons. The maximum absolute atomic E-state index is 12.3. The van der Waals surface area contributed by atoms with Gasteiger partial charge in [-0.25, -0.2) is 14.3 Å². The number of rotatable bonds is 6. The molecule has 5 N–H and O–H groups in total. The second-order valence-corrected chi connectivity index (χ2v) is 8.59. The van der Waals surface area contributed by atoms with Crippen LogP contribution in [0.2, 0.25) is 0 Å². The standard InChI is InChI=1S/C19H18N4O10S/c20-13-5-6-23(19(28)21-13)17-15(25)14(24)12(32-17)8-31-34(29,30)22-16(26)10-7-9-3-1-2-4-11(9)33-18(10)27/h1-7,12,14-15,17,24-25H,8H2,(H,22,26)(H2,20,21,28)/t12-,14-,15-,17-/m1/s1. The van der Waals surface area contributed by atoms with Crippen molar-refractivity contribution in [2.75, 3.05) is 12.3 Å². The van der Waals surface area contributed by atoms with Gasteiger partial charge < -0.3 is 25.1 Å². The minimum atomic E-state index is -4.77. The first-order valence-corrected chi connectivity index (χ1v) is 11.1. The van der Waals surface area contributed by atoms with E-state index in [2.05, 4.69) is 9.17 Å². The number of nitrogen functional groups attached to an aromatic ring is 1. The van der Waals surface area contributed by atoms with Crippen molar-refractivity contribution >= 4 is 33.0 Å². The van der Waals surface area contributed by atoms with E-state index in [-0.39, 0.29) is 11.4 Å². The number of hydrogen-bond acceptors (Lipinski definition) is 12. The fourth-order valence-electron chi connectivity index (χ4n) is 3.29. The SMILES string of the molecule is Nc1ccn([C@@H]2O[C@H](COS(=O)(=O)NC(=O)c3cc4ccccc4oc3=O)[C@@H](O)[C@H]2O)c(=O)n1. The summed E-state index contributed by atoms with van der Waals surface area (Å²) in [4.78, 5) is 39.8. The summed E-state index contributed by atoms with van der Waals surface area (Å²) in [5, 5.41) is 20.8. The molecule has 0 unspecified atom stereocenters. The highest BCUT2D eigenvalue weighted by atomic mass is 32.2. The molecular formula is C19H18N4O10S. The molecule has 1 aliphatic heterocycles. The van der Waals surface area contributed by atoms with Crippen LogP contribution in [-0.4, -0.2) is 59.0 Å². The predicted molar refractivity (Wildman–Crippen MR) is 114 cm³/mol. The first-order valence-electron chi connectivity index (χ1n) is 9.66. The van der Waals surface area contributed by atoms with Crippen LogP contribution in [0.25, 0.3) is 11.0 Å².